The monoisotopic (exact) mass is 347 g/mol. The first-order valence-corrected chi connectivity index (χ1v) is 8.18. The van der Waals surface area contributed by atoms with E-state index in [4.69, 9.17) is 4.84 Å². The molecule has 1 amide bonds. The summed E-state index contributed by atoms with van der Waals surface area (Å²) in [5, 5.41) is 1.24. The summed E-state index contributed by atoms with van der Waals surface area (Å²) in [5.41, 5.74) is 1.79. The van der Waals surface area contributed by atoms with Crippen molar-refractivity contribution in [2.24, 2.45) is 0 Å². The van der Waals surface area contributed by atoms with Crippen LogP contribution in [0.25, 0.3) is 0 Å². The average Bonchev–Trinajstić information content (AvgIpc) is 2.71. The van der Waals surface area contributed by atoms with E-state index >= 15 is 0 Å². The Morgan fingerprint density at radius 1 is 0.923 bits per heavy atom. The molecule has 0 aliphatic heterocycles. The van der Waals surface area contributed by atoms with E-state index < -0.39 is 6.10 Å². The predicted octanol–water partition coefficient (Wildman–Crippen LogP) is 5.33. The molecule has 0 saturated heterocycles. The molecule has 0 fully saturated rings. The normalized spacial score (nSPS) is 11.6. The van der Waals surface area contributed by atoms with E-state index in [1.807, 2.05) is 24.3 Å². The van der Waals surface area contributed by atoms with Crippen molar-refractivity contribution in [3.05, 3.63) is 115 Å². The first-order chi connectivity index (χ1) is 12.7. The van der Waals surface area contributed by atoms with Gasteiger partial charge >= 0.3 is 0 Å². The van der Waals surface area contributed by atoms with Crippen molar-refractivity contribution in [3.63, 3.8) is 0 Å². The number of hydrogen-bond acceptors (Lipinski definition) is 2. The SMILES string of the molecule is C=C[C@H](ON(C(=O)c1ccccc1)c1ccccc1)c1ccc(F)cc1. The number of anilines is 1. The molecule has 4 heteroatoms. The molecule has 3 nitrogen and oxygen atoms in total. The largest absolute Gasteiger partial charge is 0.282 e. The van der Waals surface area contributed by atoms with E-state index in [1.165, 1.54) is 17.2 Å². The van der Waals surface area contributed by atoms with E-state index in [0.29, 0.717) is 16.8 Å². The van der Waals surface area contributed by atoms with Gasteiger partial charge in [-0.3, -0.25) is 9.63 Å². The Labute approximate surface area is 151 Å². The molecule has 0 spiro atoms. The van der Waals surface area contributed by atoms with Gasteiger partial charge in [0.25, 0.3) is 5.91 Å². The third kappa shape index (κ3) is 4.05. The molecule has 0 saturated carbocycles. The molecule has 3 rings (SSSR count). The van der Waals surface area contributed by atoms with E-state index in [0.717, 1.165) is 0 Å². The molecule has 3 aromatic rings. The molecule has 0 heterocycles. The third-order valence-corrected chi connectivity index (χ3v) is 3.83. The first kappa shape index (κ1) is 17.6. The summed E-state index contributed by atoms with van der Waals surface area (Å²) < 4.78 is 13.2. The lowest BCUT2D eigenvalue weighted by Gasteiger charge is -2.26. The van der Waals surface area contributed by atoms with Crippen molar-refractivity contribution < 1.29 is 14.0 Å². The smallest absolute Gasteiger partial charge is 0.266 e. The quantitative estimate of drug-likeness (QED) is 0.445. The highest BCUT2D eigenvalue weighted by Crippen LogP contribution is 2.26. The van der Waals surface area contributed by atoms with Gasteiger partial charge in [0, 0.05) is 5.56 Å². The molecule has 0 N–H and O–H groups in total. The number of hydrogen-bond donors (Lipinski definition) is 0. The molecule has 130 valence electrons. The number of benzene rings is 3. The van der Waals surface area contributed by atoms with Crippen molar-refractivity contribution in [2.75, 3.05) is 5.06 Å². The second-order valence-electron chi connectivity index (χ2n) is 5.61. The van der Waals surface area contributed by atoms with Gasteiger partial charge < -0.3 is 0 Å². The molecule has 0 aliphatic carbocycles. The van der Waals surface area contributed by atoms with Crippen molar-refractivity contribution in [1.82, 2.24) is 0 Å². The minimum absolute atomic E-state index is 0.300. The van der Waals surface area contributed by atoms with Crippen molar-refractivity contribution in [1.29, 1.82) is 0 Å². The maximum atomic E-state index is 13.2. The third-order valence-electron chi connectivity index (χ3n) is 3.83. The van der Waals surface area contributed by atoms with Gasteiger partial charge in [0.1, 0.15) is 11.9 Å². The molecule has 0 aliphatic rings. The minimum Gasteiger partial charge on any atom is -0.266 e. The van der Waals surface area contributed by atoms with Gasteiger partial charge in [-0.15, -0.1) is 6.58 Å². The minimum atomic E-state index is -0.608. The number of halogens is 1. The fourth-order valence-corrected chi connectivity index (χ4v) is 2.49. The topological polar surface area (TPSA) is 29.5 Å². The summed E-state index contributed by atoms with van der Waals surface area (Å²) in [6.07, 6.45) is 0.963. The van der Waals surface area contributed by atoms with Gasteiger partial charge in [0.05, 0.1) is 5.69 Å². The van der Waals surface area contributed by atoms with Gasteiger partial charge in [0.15, 0.2) is 0 Å². The van der Waals surface area contributed by atoms with Gasteiger partial charge in [-0.2, -0.15) is 5.06 Å². The van der Waals surface area contributed by atoms with Crippen molar-refractivity contribution in [2.45, 2.75) is 6.10 Å². The van der Waals surface area contributed by atoms with Crippen LogP contribution in [0.5, 0.6) is 0 Å². The maximum Gasteiger partial charge on any atom is 0.282 e. The van der Waals surface area contributed by atoms with Crippen molar-refractivity contribution >= 4 is 11.6 Å². The van der Waals surface area contributed by atoms with E-state index in [2.05, 4.69) is 6.58 Å². The lowest BCUT2D eigenvalue weighted by atomic mass is 10.1. The molecule has 0 radical (unpaired) electrons. The van der Waals surface area contributed by atoms with Crippen molar-refractivity contribution in [3.8, 4) is 0 Å². The van der Waals surface area contributed by atoms with Crippen LogP contribution in [-0.4, -0.2) is 5.91 Å². The van der Waals surface area contributed by atoms with Crippen LogP contribution < -0.4 is 5.06 Å². The van der Waals surface area contributed by atoms with Crippen LogP contribution in [0.15, 0.2) is 97.6 Å². The van der Waals surface area contributed by atoms with Gasteiger partial charge in [-0.05, 0) is 42.0 Å². The average molecular weight is 347 g/mol. The lowest BCUT2D eigenvalue weighted by molar-refractivity contribution is 0.0452. The Bertz CT molecular complexity index is 864. The van der Waals surface area contributed by atoms with Crippen LogP contribution in [0.4, 0.5) is 10.1 Å². The zero-order chi connectivity index (χ0) is 18.4. The van der Waals surface area contributed by atoms with Gasteiger partial charge in [-0.1, -0.05) is 54.6 Å². The van der Waals surface area contributed by atoms with Gasteiger partial charge in [-0.25, -0.2) is 4.39 Å². The van der Waals surface area contributed by atoms with Crippen LogP contribution >= 0.6 is 0 Å². The highest BCUT2D eigenvalue weighted by atomic mass is 19.1. The Hall–Kier alpha value is -3.24. The van der Waals surface area contributed by atoms with Crippen LogP contribution in [-0.2, 0) is 4.84 Å². The summed E-state index contributed by atoms with van der Waals surface area (Å²) in [4.78, 5) is 19.0. The number of carbonyl (C=O) groups is 1. The molecule has 0 unspecified atom stereocenters. The Kier molecular flexibility index (Phi) is 5.56. The number of amides is 1. The van der Waals surface area contributed by atoms with E-state index in [9.17, 15) is 9.18 Å². The Balaban J connectivity index is 1.94. The van der Waals surface area contributed by atoms with Crippen LogP contribution in [0, 0.1) is 5.82 Å². The van der Waals surface area contributed by atoms with Crippen LogP contribution in [0.2, 0.25) is 0 Å². The van der Waals surface area contributed by atoms with Gasteiger partial charge in [0.2, 0.25) is 0 Å². The standard InChI is InChI=1S/C22H18FNO2/c1-2-21(17-13-15-19(23)16-14-17)26-24(20-11-7-4-8-12-20)22(25)18-9-5-3-6-10-18/h2-16,21H,1H2/t21-/m0/s1. The van der Waals surface area contributed by atoms with E-state index in [1.54, 1.807) is 54.6 Å². The summed E-state index contributed by atoms with van der Waals surface area (Å²) >= 11 is 0. The molecule has 0 bridgehead atoms. The molecular formula is C22H18FNO2. The second-order valence-corrected chi connectivity index (χ2v) is 5.61. The van der Waals surface area contributed by atoms with E-state index in [-0.39, 0.29) is 11.7 Å². The molecular weight excluding hydrogens is 329 g/mol. The lowest BCUT2D eigenvalue weighted by Crippen LogP contribution is -2.32. The second kappa shape index (κ2) is 8.23. The number of carbonyl (C=O) groups excluding carboxylic acids is 1. The Morgan fingerprint density at radius 2 is 1.50 bits per heavy atom. The molecule has 1 atom stereocenters. The first-order valence-electron chi connectivity index (χ1n) is 8.18. The summed E-state index contributed by atoms with van der Waals surface area (Å²) in [6, 6.07) is 23.9. The number of para-hydroxylation sites is 1. The Morgan fingerprint density at radius 3 is 2.08 bits per heavy atom. The molecule has 26 heavy (non-hydrogen) atoms. The summed E-state index contributed by atoms with van der Waals surface area (Å²) in [7, 11) is 0. The zero-order valence-corrected chi connectivity index (χ0v) is 14.1. The number of hydroxylamine groups is 1. The fourth-order valence-electron chi connectivity index (χ4n) is 2.49. The van der Waals surface area contributed by atoms with Crippen LogP contribution in [0.1, 0.15) is 22.0 Å². The maximum absolute atomic E-state index is 13.2. The highest BCUT2D eigenvalue weighted by molar-refractivity contribution is 6.04. The summed E-state index contributed by atoms with van der Waals surface area (Å²) in [6.45, 7) is 3.78. The molecule has 3 aromatic carbocycles. The zero-order valence-electron chi connectivity index (χ0n) is 14.1. The fraction of sp³-hybridized carbons (Fsp3) is 0.0455. The highest BCUT2D eigenvalue weighted by Gasteiger charge is 2.22. The number of rotatable bonds is 6. The predicted molar refractivity (Wildman–Crippen MR) is 100 cm³/mol. The molecule has 0 aromatic heterocycles. The number of nitrogens with zero attached hydrogens (tertiary/aromatic N) is 1. The summed E-state index contributed by atoms with van der Waals surface area (Å²) in [5.74, 6) is -0.636. The van der Waals surface area contributed by atoms with Crippen LogP contribution in [0.3, 0.4) is 0 Å².